The molecule has 0 bridgehead atoms. The molecule has 14 heteroatoms. The minimum absolute atomic E-state index is 0.0386. The molecule has 1 aromatic carbocycles. The van der Waals surface area contributed by atoms with Crippen LogP contribution in [-0.4, -0.2) is 88.4 Å². The van der Waals surface area contributed by atoms with Gasteiger partial charge in [0.05, 0.1) is 21.8 Å². The zero-order chi connectivity index (χ0) is 32.8. The lowest BCUT2D eigenvalue weighted by atomic mass is 9.99. The number of fused-ring (bicyclic) bond motifs is 1. The normalized spacial score (nSPS) is 19.8. The third-order valence-electron chi connectivity index (χ3n) is 8.15. The second kappa shape index (κ2) is 12.3. The number of likely N-dealkylation sites (tertiary alicyclic amines) is 1. The monoisotopic (exact) mass is 649 g/mol. The number of pyridine rings is 1. The molecule has 0 spiro atoms. The number of benzene rings is 1. The van der Waals surface area contributed by atoms with Crippen LogP contribution in [0.5, 0.6) is 6.01 Å². The van der Waals surface area contributed by atoms with Crippen molar-refractivity contribution in [2.24, 2.45) is 0 Å². The number of ether oxygens (including phenoxy) is 2. The Morgan fingerprint density at radius 3 is 2.47 bits per heavy atom. The molecule has 4 heterocycles. The third kappa shape index (κ3) is 7.14. The van der Waals surface area contributed by atoms with Crippen LogP contribution in [0.2, 0.25) is 5.02 Å². The zero-order valence-electron chi connectivity index (χ0n) is 26.3. The summed E-state index contributed by atoms with van der Waals surface area (Å²) >= 11 is 6.71. The van der Waals surface area contributed by atoms with E-state index in [-0.39, 0.29) is 45.8 Å². The molecular formula is C31H39ClF3N7O3. The Balaban J connectivity index is 1.58. The van der Waals surface area contributed by atoms with Crippen molar-refractivity contribution in [3.63, 3.8) is 0 Å². The first kappa shape index (κ1) is 32.8. The van der Waals surface area contributed by atoms with Crippen molar-refractivity contribution in [1.82, 2.24) is 24.8 Å². The van der Waals surface area contributed by atoms with Crippen LogP contribution >= 0.6 is 11.6 Å². The third-order valence-corrected chi connectivity index (χ3v) is 8.46. The fourth-order valence-corrected chi connectivity index (χ4v) is 6.21. The summed E-state index contributed by atoms with van der Waals surface area (Å²) in [6.45, 7) is 11.2. The number of piperazine rings is 1. The predicted octanol–water partition coefficient (Wildman–Crippen LogP) is 6.17. The number of nitrogens with zero attached hydrogens (tertiary/aromatic N) is 6. The van der Waals surface area contributed by atoms with E-state index in [4.69, 9.17) is 31.8 Å². The van der Waals surface area contributed by atoms with Crippen LogP contribution in [-0.2, 0) is 10.9 Å². The molecular weight excluding hydrogens is 611 g/mol. The van der Waals surface area contributed by atoms with Crippen LogP contribution in [0.4, 0.5) is 29.6 Å². The number of hydrogen-bond acceptors (Lipinski definition) is 9. The molecule has 2 aliphatic heterocycles. The average Bonchev–Trinajstić information content (AvgIpc) is 3.33. The van der Waals surface area contributed by atoms with Crippen molar-refractivity contribution in [2.75, 3.05) is 50.5 Å². The lowest BCUT2D eigenvalue weighted by Gasteiger charge is -2.41. The molecule has 2 atom stereocenters. The predicted molar refractivity (Wildman–Crippen MR) is 168 cm³/mol. The van der Waals surface area contributed by atoms with E-state index in [0.717, 1.165) is 19.4 Å². The summed E-state index contributed by atoms with van der Waals surface area (Å²) in [5.41, 5.74) is 4.29. The Hall–Kier alpha value is -3.58. The molecule has 2 aliphatic rings. The minimum Gasteiger partial charge on any atom is -0.462 e. The number of likely N-dealkylation sites (N-methyl/N-ethyl adjacent to an activating group) is 1. The topological polar surface area (TPSA) is 110 Å². The van der Waals surface area contributed by atoms with Crippen LogP contribution in [0.1, 0.15) is 51.7 Å². The van der Waals surface area contributed by atoms with E-state index in [9.17, 15) is 18.0 Å². The van der Waals surface area contributed by atoms with Gasteiger partial charge in [-0.1, -0.05) is 11.6 Å². The Bertz CT molecular complexity index is 1600. The molecule has 45 heavy (non-hydrogen) atoms. The van der Waals surface area contributed by atoms with Gasteiger partial charge in [-0.25, -0.2) is 9.78 Å². The van der Waals surface area contributed by atoms with Gasteiger partial charge in [-0.2, -0.15) is 23.1 Å². The molecule has 0 aliphatic carbocycles. The van der Waals surface area contributed by atoms with Gasteiger partial charge < -0.3 is 29.9 Å². The van der Waals surface area contributed by atoms with Crippen molar-refractivity contribution < 1.29 is 27.4 Å². The van der Waals surface area contributed by atoms with Gasteiger partial charge in [-0.15, -0.1) is 0 Å². The maximum atomic E-state index is 14.2. The van der Waals surface area contributed by atoms with Crippen molar-refractivity contribution >= 4 is 40.2 Å². The molecule has 2 fully saturated rings. The van der Waals surface area contributed by atoms with Crippen LogP contribution < -0.4 is 15.4 Å². The first-order valence-electron chi connectivity index (χ1n) is 15.0. The van der Waals surface area contributed by atoms with E-state index in [2.05, 4.69) is 14.9 Å². The van der Waals surface area contributed by atoms with Gasteiger partial charge >= 0.3 is 18.3 Å². The molecule has 2 N–H and O–H groups in total. The smallest absolute Gasteiger partial charge is 0.418 e. The molecule has 2 saturated heterocycles. The van der Waals surface area contributed by atoms with Crippen LogP contribution in [0, 0.1) is 6.92 Å². The molecule has 1 amide bonds. The van der Waals surface area contributed by atoms with Crippen molar-refractivity contribution in [1.29, 1.82) is 0 Å². The quantitative estimate of drug-likeness (QED) is 0.347. The van der Waals surface area contributed by atoms with Gasteiger partial charge in [-0.05, 0) is 84.8 Å². The molecule has 10 nitrogen and oxygen atoms in total. The molecule has 0 radical (unpaired) electrons. The Morgan fingerprint density at radius 1 is 1.11 bits per heavy atom. The fraction of sp³-hybridized carbons (Fsp3) is 0.548. The standard InChI is InChI=1S/C31H39ClF3N7O3/c1-17-12-24(36)38-26(25(17)31(33,34)35)20-14-23-21(13-22(20)32)27(39-28(37-23)44-16-19-8-7-9-40(19)6)42-11-10-41(15-18(42)2)29(43)45-30(3,4)5/h12-14,18-19H,7-11,15-16H2,1-6H3,(H2,36,38)/t18-,19-/m0/s1. The molecule has 0 unspecified atom stereocenters. The van der Waals surface area contributed by atoms with Gasteiger partial charge in [0.25, 0.3) is 0 Å². The van der Waals surface area contributed by atoms with E-state index in [1.165, 1.54) is 19.1 Å². The van der Waals surface area contributed by atoms with Gasteiger partial charge in [0.15, 0.2) is 0 Å². The van der Waals surface area contributed by atoms with E-state index in [1.54, 1.807) is 11.0 Å². The molecule has 5 rings (SSSR count). The summed E-state index contributed by atoms with van der Waals surface area (Å²) in [5.74, 6) is 0.448. The van der Waals surface area contributed by atoms with Crippen molar-refractivity contribution in [3.05, 3.63) is 34.3 Å². The second-order valence-electron chi connectivity index (χ2n) is 12.8. The van der Waals surface area contributed by atoms with Crippen LogP contribution in [0.3, 0.4) is 0 Å². The summed E-state index contributed by atoms with van der Waals surface area (Å²) in [6, 6.07) is 4.33. The summed E-state index contributed by atoms with van der Waals surface area (Å²) in [7, 11) is 2.03. The largest absolute Gasteiger partial charge is 0.462 e. The SMILES string of the molecule is Cc1cc(N)nc(-c2cc3nc(OC[C@@H]4CCCN4C)nc(N4CCN(C(=O)OC(C)(C)C)C[C@@H]4C)c3cc2Cl)c1C(F)(F)F. The zero-order valence-corrected chi connectivity index (χ0v) is 27.1. The van der Waals surface area contributed by atoms with Gasteiger partial charge in [0, 0.05) is 42.7 Å². The number of carbonyl (C=O) groups excluding carboxylic acids is 1. The average molecular weight is 650 g/mol. The number of carbonyl (C=O) groups is 1. The number of alkyl halides is 3. The van der Waals surface area contributed by atoms with E-state index in [1.807, 2.05) is 39.6 Å². The van der Waals surface area contributed by atoms with Crippen molar-refractivity contribution in [2.45, 2.75) is 71.3 Å². The highest BCUT2D eigenvalue weighted by molar-refractivity contribution is 6.34. The second-order valence-corrected chi connectivity index (χ2v) is 13.2. The lowest BCUT2D eigenvalue weighted by Crippen LogP contribution is -2.54. The maximum Gasteiger partial charge on any atom is 0.418 e. The Kier molecular flexibility index (Phi) is 8.98. The summed E-state index contributed by atoms with van der Waals surface area (Å²) in [6.07, 6.45) is -3.06. The number of anilines is 2. The highest BCUT2D eigenvalue weighted by Gasteiger charge is 2.38. The highest BCUT2D eigenvalue weighted by atomic mass is 35.5. The Morgan fingerprint density at radius 2 is 1.84 bits per heavy atom. The first-order chi connectivity index (χ1) is 21.0. The van der Waals surface area contributed by atoms with Crippen LogP contribution in [0.15, 0.2) is 18.2 Å². The van der Waals surface area contributed by atoms with E-state index < -0.39 is 23.4 Å². The number of amides is 1. The number of hydrogen-bond donors (Lipinski definition) is 1. The minimum atomic E-state index is -4.69. The number of halogens is 4. The number of rotatable bonds is 5. The molecule has 2 aromatic heterocycles. The first-order valence-corrected chi connectivity index (χ1v) is 15.3. The van der Waals surface area contributed by atoms with Crippen molar-refractivity contribution in [3.8, 4) is 17.3 Å². The fourth-order valence-electron chi connectivity index (χ4n) is 5.95. The van der Waals surface area contributed by atoms with Gasteiger partial charge in [0.1, 0.15) is 23.8 Å². The highest BCUT2D eigenvalue weighted by Crippen LogP contribution is 2.43. The van der Waals surface area contributed by atoms with E-state index >= 15 is 0 Å². The summed E-state index contributed by atoms with van der Waals surface area (Å²) in [5, 5.41) is 0.567. The van der Waals surface area contributed by atoms with Gasteiger partial charge in [-0.3, -0.25) is 0 Å². The van der Waals surface area contributed by atoms with E-state index in [0.29, 0.717) is 43.0 Å². The molecule has 244 valence electrons. The number of nitrogens with two attached hydrogens (primary N) is 1. The summed E-state index contributed by atoms with van der Waals surface area (Å²) in [4.78, 5) is 32.2. The molecule has 3 aromatic rings. The number of aromatic nitrogens is 3. The summed E-state index contributed by atoms with van der Waals surface area (Å²) < 4.78 is 54.4. The van der Waals surface area contributed by atoms with Gasteiger partial charge in [0.2, 0.25) is 0 Å². The Labute approximate surface area is 265 Å². The van der Waals surface area contributed by atoms with Crippen LogP contribution in [0.25, 0.3) is 22.2 Å². The number of nitrogen functional groups attached to an aromatic ring is 1. The lowest BCUT2D eigenvalue weighted by molar-refractivity contribution is -0.137. The maximum absolute atomic E-state index is 14.2. The molecule has 0 saturated carbocycles. The number of aryl methyl sites for hydroxylation is 1.